The number of hydrogen-bond acceptors (Lipinski definition) is 5. The Kier molecular flexibility index (Phi) is 9.59. The van der Waals surface area contributed by atoms with E-state index in [1.807, 2.05) is 18.2 Å². The van der Waals surface area contributed by atoms with Gasteiger partial charge in [-0.25, -0.2) is 0 Å². The average molecular weight is 537 g/mol. The molecule has 0 unspecified atom stereocenters. The maximum absolute atomic E-state index is 12.4. The van der Waals surface area contributed by atoms with Crippen LogP contribution in [0.15, 0.2) is 66.4 Å². The number of nitrogens with zero attached hydrogens (tertiary/aromatic N) is 3. The van der Waals surface area contributed by atoms with Crippen LogP contribution in [-0.4, -0.2) is 32.3 Å². The van der Waals surface area contributed by atoms with Crippen LogP contribution in [0.5, 0.6) is 0 Å². The Morgan fingerprint density at radius 2 is 1.88 bits per heavy atom. The van der Waals surface area contributed by atoms with E-state index in [2.05, 4.69) is 27.4 Å². The number of aromatic nitrogens is 3. The van der Waals surface area contributed by atoms with E-state index in [1.165, 1.54) is 17.8 Å². The summed E-state index contributed by atoms with van der Waals surface area (Å²) >= 11 is 19.3. The highest BCUT2D eigenvalue weighted by atomic mass is 35.5. The second-order valence-electron chi connectivity index (χ2n) is 6.83. The first-order valence-corrected chi connectivity index (χ1v) is 12.1. The quantitative estimate of drug-likeness (QED) is 0.203. The van der Waals surface area contributed by atoms with Gasteiger partial charge in [-0.3, -0.25) is 9.59 Å². The Labute approximate surface area is 216 Å². The maximum Gasteiger partial charge on any atom is 0.244 e. The summed E-state index contributed by atoms with van der Waals surface area (Å²) in [6.45, 7) is 4.31. The molecule has 2 amide bonds. The summed E-state index contributed by atoms with van der Waals surface area (Å²) in [4.78, 5) is 24.6. The highest BCUT2D eigenvalue weighted by Crippen LogP contribution is 2.26. The zero-order valence-corrected chi connectivity index (χ0v) is 20.9. The Morgan fingerprint density at radius 3 is 2.65 bits per heavy atom. The fourth-order valence-corrected chi connectivity index (χ4v) is 4.08. The molecule has 0 bridgehead atoms. The van der Waals surface area contributed by atoms with Gasteiger partial charge >= 0.3 is 0 Å². The maximum atomic E-state index is 12.4. The molecule has 34 heavy (non-hydrogen) atoms. The van der Waals surface area contributed by atoms with E-state index in [0.29, 0.717) is 38.3 Å². The molecule has 0 spiro atoms. The lowest BCUT2D eigenvalue weighted by molar-refractivity contribution is -0.116. The third-order valence-corrected chi connectivity index (χ3v) is 6.26. The Bertz CT molecular complexity index is 1230. The summed E-state index contributed by atoms with van der Waals surface area (Å²) < 4.78 is 1.77. The van der Waals surface area contributed by atoms with Crippen molar-refractivity contribution in [2.45, 2.75) is 18.2 Å². The standard InChI is InChI=1S/C23H20Cl3N5O2S/c1-2-11-31-20(13-27-21(32)10-7-15-5-3-4-6-17(15)25)29-30-23(31)34-14-22(33)28-19-12-16(24)8-9-18(19)26/h2-10,12H,1,11,13-14H2,(H,27,32)(H,28,33)/b10-7+. The highest BCUT2D eigenvalue weighted by Gasteiger charge is 2.15. The second kappa shape index (κ2) is 12.6. The van der Waals surface area contributed by atoms with Gasteiger partial charge in [0.25, 0.3) is 0 Å². The molecule has 3 rings (SSSR count). The number of thioether (sulfide) groups is 1. The number of nitrogens with one attached hydrogen (secondary N) is 2. The number of carbonyl (C=O) groups excluding carboxylic acids is 2. The molecule has 176 valence electrons. The molecule has 2 aromatic carbocycles. The molecule has 0 aliphatic rings. The van der Waals surface area contributed by atoms with Crippen molar-refractivity contribution in [3.8, 4) is 0 Å². The van der Waals surface area contributed by atoms with Gasteiger partial charge in [-0.05, 0) is 35.9 Å². The number of allylic oxidation sites excluding steroid dienone is 1. The molecule has 11 heteroatoms. The molecule has 2 N–H and O–H groups in total. The zero-order valence-electron chi connectivity index (χ0n) is 17.8. The number of anilines is 1. The Hall–Kier alpha value is -2.78. The van der Waals surface area contributed by atoms with Gasteiger partial charge in [0, 0.05) is 22.7 Å². The van der Waals surface area contributed by atoms with E-state index >= 15 is 0 Å². The van der Waals surface area contributed by atoms with Crippen molar-refractivity contribution in [2.24, 2.45) is 0 Å². The van der Waals surface area contributed by atoms with Gasteiger partial charge in [-0.2, -0.15) is 0 Å². The van der Waals surface area contributed by atoms with E-state index in [0.717, 1.165) is 5.56 Å². The van der Waals surface area contributed by atoms with Crippen molar-refractivity contribution in [3.05, 3.63) is 87.7 Å². The highest BCUT2D eigenvalue weighted by molar-refractivity contribution is 7.99. The molecule has 0 fully saturated rings. The van der Waals surface area contributed by atoms with Gasteiger partial charge in [0.05, 0.1) is 23.0 Å². The van der Waals surface area contributed by atoms with Crippen LogP contribution in [0.4, 0.5) is 5.69 Å². The van der Waals surface area contributed by atoms with Crippen LogP contribution in [0, 0.1) is 0 Å². The minimum atomic E-state index is -0.306. The minimum absolute atomic E-state index is 0.0745. The van der Waals surface area contributed by atoms with Gasteiger partial charge in [-0.1, -0.05) is 70.8 Å². The fourth-order valence-electron chi connectivity index (χ4n) is 2.78. The molecule has 3 aromatic rings. The first kappa shape index (κ1) is 25.8. The second-order valence-corrected chi connectivity index (χ2v) is 9.03. The third kappa shape index (κ3) is 7.36. The van der Waals surface area contributed by atoms with Gasteiger partial charge in [0.1, 0.15) is 0 Å². The van der Waals surface area contributed by atoms with Crippen molar-refractivity contribution in [3.63, 3.8) is 0 Å². The topological polar surface area (TPSA) is 88.9 Å². The zero-order chi connectivity index (χ0) is 24.5. The molecule has 1 heterocycles. The first-order valence-electron chi connectivity index (χ1n) is 9.98. The average Bonchev–Trinajstić information content (AvgIpc) is 3.20. The van der Waals surface area contributed by atoms with Crippen molar-refractivity contribution in [1.82, 2.24) is 20.1 Å². The van der Waals surface area contributed by atoms with Crippen LogP contribution >= 0.6 is 46.6 Å². The van der Waals surface area contributed by atoms with E-state index in [1.54, 1.807) is 41.0 Å². The van der Waals surface area contributed by atoms with Crippen LogP contribution in [0.3, 0.4) is 0 Å². The molecular weight excluding hydrogens is 517 g/mol. The van der Waals surface area contributed by atoms with Crippen molar-refractivity contribution >= 4 is 70.1 Å². The molecule has 0 aliphatic heterocycles. The summed E-state index contributed by atoms with van der Waals surface area (Å²) in [5.74, 6) is 0.0209. The monoisotopic (exact) mass is 535 g/mol. The predicted molar refractivity (Wildman–Crippen MR) is 138 cm³/mol. The van der Waals surface area contributed by atoms with Gasteiger partial charge in [-0.15, -0.1) is 16.8 Å². The number of rotatable bonds is 10. The van der Waals surface area contributed by atoms with Crippen LogP contribution in [0.1, 0.15) is 11.4 Å². The van der Waals surface area contributed by atoms with Gasteiger partial charge < -0.3 is 15.2 Å². The van der Waals surface area contributed by atoms with Crippen LogP contribution in [0.25, 0.3) is 6.08 Å². The summed E-state index contributed by atoms with van der Waals surface area (Å²) in [7, 11) is 0. The third-order valence-electron chi connectivity index (χ3n) is 4.38. The first-order chi connectivity index (χ1) is 16.4. The van der Waals surface area contributed by atoms with Crippen molar-refractivity contribution in [2.75, 3.05) is 11.1 Å². The van der Waals surface area contributed by atoms with Crippen LogP contribution in [-0.2, 0) is 22.7 Å². The Balaban J connectivity index is 1.58. The molecule has 0 saturated carbocycles. The van der Waals surface area contributed by atoms with E-state index in [-0.39, 0.29) is 24.1 Å². The Morgan fingerprint density at radius 1 is 1.09 bits per heavy atom. The molecule has 0 aliphatic carbocycles. The van der Waals surface area contributed by atoms with Crippen molar-refractivity contribution < 1.29 is 9.59 Å². The number of hydrogen-bond donors (Lipinski definition) is 2. The lowest BCUT2D eigenvalue weighted by atomic mass is 10.2. The number of carbonyl (C=O) groups is 2. The lowest BCUT2D eigenvalue weighted by Crippen LogP contribution is -2.23. The predicted octanol–water partition coefficient (Wildman–Crippen LogP) is 5.48. The summed E-state index contributed by atoms with van der Waals surface area (Å²) in [6, 6.07) is 12.0. The smallest absolute Gasteiger partial charge is 0.244 e. The lowest BCUT2D eigenvalue weighted by Gasteiger charge is -2.09. The van der Waals surface area contributed by atoms with Gasteiger partial charge in [0.2, 0.25) is 11.8 Å². The number of amides is 2. The SMILES string of the molecule is C=CCn1c(CNC(=O)/C=C/c2ccccc2Cl)nnc1SCC(=O)Nc1cc(Cl)ccc1Cl. The van der Waals surface area contributed by atoms with Gasteiger partial charge in [0.15, 0.2) is 11.0 Å². The number of halogens is 3. The van der Waals surface area contributed by atoms with E-state index < -0.39 is 0 Å². The normalized spacial score (nSPS) is 10.9. The summed E-state index contributed by atoms with van der Waals surface area (Å²) in [5, 5.41) is 15.7. The summed E-state index contributed by atoms with van der Waals surface area (Å²) in [5.41, 5.74) is 1.17. The van der Waals surface area contributed by atoms with E-state index in [9.17, 15) is 9.59 Å². The van der Waals surface area contributed by atoms with E-state index in [4.69, 9.17) is 34.8 Å². The molecule has 1 aromatic heterocycles. The fraction of sp³-hybridized carbons (Fsp3) is 0.130. The van der Waals surface area contributed by atoms with Crippen LogP contribution in [0.2, 0.25) is 15.1 Å². The molecular formula is C23H20Cl3N5O2S. The minimum Gasteiger partial charge on any atom is -0.345 e. The van der Waals surface area contributed by atoms with Crippen molar-refractivity contribution in [1.29, 1.82) is 0 Å². The summed E-state index contributed by atoms with van der Waals surface area (Å²) in [6.07, 6.45) is 4.72. The molecule has 0 saturated heterocycles. The molecule has 0 radical (unpaired) electrons. The molecule has 0 atom stereocenters. The largest absolute Gasteiger partial charge is 0.345 e. The van der Waals surface area contributed by atoms with Crippen LogP contribution < -0.4 is 10.6 Å². The number of benzene rings is 2. The molecule has 7 nitrogen and oxygen atoms in total.